The molecule has 11 heteroatoms. The number of carbonyl (C=O) groups excluding carboxylic acids is 2. The maximum Gasteiger partial charge on any atom is 0.324 e. The number of imide groups is 1. The van der Waals surface area contributed by atoms with Crippen LogP contribution in [0, 0.1) is 5.92 Å². The minimum Gasteiger partial charge on any atom is -0.488 e. The van der Waals surface area contributed by atoms with Crippen molar-refractivity contribution >= 4 is 33.6 Å². The summed E-state index contributed by atoms with van der Waals surface area (Å²) in [5.74, 6) is 1.22. The van der Waals surface area contributed by atoms with Crippen LogP contribution < -0.4 is 19.5 Å². The number of halogens is 1. The van der Waals surface area contributed by atoms with Crippen molar-refractivity contribution in [3.63, 3.8) is 0 Å². The van der Waals surface area contributed by atoms with Crippen molar-refractivity contribution in [3.8, 4) is 11.5 Å². The van der Waals surface area contributed by atoms with Gasteiger partial charge in [0.15, 0.2) is 11.5 Å². The number of amides is 3. The van der Waals surface area contributed by atoms with Crippen LogP contribution in [0.25, 0.3) is 0 Å². The Morgan fingerprint density at radius 2 is 2.03 bits per heavy atom. The van der Waals surface area contributed by atoms with Gasteiger partial charge in [0.05, 0.1) is 23.4 Å². The molecule has 1 saturated carbocycles. The first-order valence-electron chi connectivity index (χ1n) is 10.5. The molecule has 1 aromatic rings. The van der Waals surface area contributed by atoms with E-state index in [9.17, 15) is 18.0 Å². The Bertz CT molecular complexity index is 966. The number of hydrogen-bond acceptors (Lipinski definition) is 6. The number of ether oxygens (including phenoxy) is 2. The lowest BCUT2D eigenvalue weighted by Crippen LogP contribution is -2.31. The molecule has 170 valence electrons. The molecule has 0 bridgehead atoms. The molecule has 0 spiro atoms. The first-order valence-corrected chi connectivity index (χ1v) is 12.5. The molecule has 3 aliphatic rings. The Morgan fingerprint density at radius 1 is 1.23 bits per heavy atom. The minimum atomic E-state index is -3.52. The van der Waals surface area contributed by atoms with Crippen molar-refractivity contribution < 1.29 is 27.5 Å². The molecule has 31 heavy (non-hydrogen) atoms. The van der Waals surface area contributed by atoms with E-state index < -0.39 is 16.1 Å². The highest BCUT2D eigenvalue weighted by atomic mass is 35.5. The molecule has 3 amide bonds. The maximum absolute atomic E-state index is 12.5. The third kappa shape index (κ3) is 5.61. The van der Waals surface area contributed by atoms with Crippen molar-refractivity contribution in [1.29, 1.82) is 0 Å². The average molecular weight is 472 g/mol. The normalized spacial score (nSPS) is 20.5. The SMILES string of the molecule is O=C1CN(CCCCCS(=O)(=O)N[C@H]2COc3c2ccc(Cl)c3OCC2CC2)C(=O)N1. The van der Waals surface area contributed by atoms with Gasteiger partial charge in [-0.25, -0.2) is 17.9 Å². The predicted molar refractivity (Wildman–Crippen MR) is 114 cm³/mol. The fourth-order valence-electron chi connectivity index (χ4n) is 3.66. The average Bonchev–Trinajstić information content (AvgIpc) is 3.37. The molecule has 2 aliphatic heterocycles. The van der Waals surface area contributed by atoms with E-state index >= 15 is 0 Å². The molecular formula is C20H26ClN3O6S. The Kier molecular flexibility index (Phi) is 6.59. The van der Waals surface area contributed by atoms with Gasteiger partial charge in [0.2, 0.25) is 15.9 Å². The Hall–Kier alpha value is -2.04. The molecule has 0 aromatic heterocycles. The molecule has 1 aromatic carbocycles. The molecular weight excluding hydrogens is 446 g/mol. The number of benzene rings is 1. The molecule has 2 N–H and O–H groups in total. The van der Waals surface area contributed by atoms with Gasteiger partial charge in [-0.3, -0.25) is 10.1 Å². The largest absolute Gasteiger partial charge is 0.488 e. The molecule has 1 saturated heterocycles. The number of fused-ring (bicyclic) bond motifs is 1. The van der Waals surface area contributed by atoms with Gasteiger partial charge in [-0.1, -0.05) is 24.1 Å². The number of sulfonamides is 1. The molecule has 0 radical (unpaired) electrons. The lowest BCUT2D eigenvalue weighted by Gasteiger charge is -2.14. The molecule has 1 atom stereocenters. The summed E-state index contributed by atoms with van der Waals surface area (Å²) in [5.41, 5.74) is 0.725. The lowest BCUT2D eigenvalue weighted by atomic mass is 10.1. The van der Waals surface area contributed by atoms with E-state index in [0.29, 0.717) is 54.9 Å². The Morgan fingerprint density at radius 3 is 2.74 bits per heavy atom. The fraction of sp³-hybridized carbons (Fsp3) is 0.600. The number of hydrogen-bond donors (Lipinski definition) is 2. The molecule has 2 heterocycles. The Balaban J connectivity index is 1.26. The van der Waals surface area contributed by atoms with E-state index in [2.05, 4.69) is 10.0 Å². The molecule has 9 nitrogen and oxygen atoms in total. The summed E-state index contributed by atoms with van der Waals surface area (Å²) in [7, 11) is -3.52. The predicted octanol–water partition coefficient (Wildman–Crippen LogP) is 2.20. The van der Waals surface area contributed by atoms with Gasteiger partial charge < -0.3 is 14.4 Å². The summed E-state index contributed by atoms with van der Waals surface area (Å²) in [6.07, 6.45) is 4.02. The zero-order valence-corrected chi connectivity index (χ0v) is 18.6. The highest BCUT2D eigenvalue weighted by Crippen LogP contribution is 2.45. The van der Waals surface area contributed by atoms with Crippen LogP contribution in [0.1, 0.15) is 43.7 Å². The first kappa shape index (κ1) is 22.2. The standard InChI is InChI=1S/C20H26ClN3O6S/c21-15-7-6-14-16(12-30-18(14)19(15)29-11-13-4-5-13)23-31(27,28)9-3-1-2-8-24-10-17(25)22-20(24)26/h6-7,13,16,23H,1-5,8-12H2,(H,22,25,26)/t16-/m0/s1. The second-order valence-electron chi connectivity index (χ2n) is 8.19. The summed E-state index contributed by atoms with van der Waals surface area (Å²) in [6.45, 7) is 1.27. The van der Waals surface area contributed by atoms with Crippen LogP contribution in [0.3, 0.4) is 0 Å². The van der Waals surface area contributed by atoms with Crippen molar-refractivity contribution in [2.24, 2.45) is 5.92 Å². The summed E-state index contributed by atoms with van der Waals surface area (Å²) < 4.78 is 39.4. The van der Waals surface area contributed by atoms with E-state index in [0.717, 1.165) is 18.4 Å². The number of rotatable bonds is 11. The summed E-state index contributed by atoms with van der Waals surface area (Å²) in [6, 6.07) is 2.60. The van der Waals surface area contributed by atoms with Crippen LogP contribution in [0.4, 0.5) is 4.79 Å². The summed E-state index contributed by atoms with van der Waals surface area (Å²) >= 11 is 6.26. The smallest absolute Gasteiger partial charge is 0.324 e. The number of nitrogens with one attached hydrogen (secondary N) is 2. The van der Waals surface area contributed by atoms with Crippen molar-refractivity contribution in [3.05, 3.63) is 22.7 Å². The van der Waals surface area contributed by atoms with Crippen LogP contribution in [0.15, 0.2) is 12.1 Å². The zero-order valence-electron chi connectivity index (χ0n) is 17.1. The summed E-state index contributed by atoms with van der Waals surface area (Å²) in [4.78, 5) is 24.1. The number of carbonyl (C=O) groups is 2. The Labute approximate surface area is 186 Å². The fourth-order valence-corrected chi connectivity index (χ4v) is 5.20. The van der Waals surface area contributed by atoms with Crippen molar-refractivity contribution in [2.45, 2.75) is 38.1 Å². The van der Waals surface area contributed by atoms with Gasteiger partial charge in [-0.15, -0.1) is 0 Å². The topological polar surface area (TPSA) is 114 Å². The second kappa shape index (κ2) is 9.22. The van der Waals surface area contributed by atoms with Gasteiger partial charge >= 0.3 is 6.03 Å². The van der Waals surface area contributed by atoms with Crippen LogP contribution in [-0.4, -0.2) is 57.3 Å². The van der Waals surface area contributed by atoms with Crippen molar-refractivity contribution in [2.75, 3.05) is 32.1 Å². The van der Waals surface area contributed by atoms with Crippen LogP contribution >= 0.6 is 11.6 Å². The molecule has 1 aliphatic carbocycles. The highest BCUT2D eigenvalue weighted by molar-refractivity contribution is 7.89. The van der Waals surface area contributed by atoms with E-state index in [1.165, 1.54) is 4.90 Å². The number of unbranched alkanes of at least 4 members (excludes halogenated alkanes) is 2. The van der Waals surface area contributed by atoms with Gasteiger partial charge in [0.1, 0.15) is 13.2 Å². The van der Waals surface area contributed by atoms with E-state index in [1.54, 1.807) is 12.1 Å². The number of nitrogens with zero attached hydrogens (tertiary/aromatic N) is 1. The number of urea groups is 1. The third-order valence-electron chi connectivity index (χ3n) is 5.56. The molecule has 0 unspecified atom stereocenters. The molecule has 2 fully saturated rings. The van der Waals surface area contributed by atoms with E-state index in [4.69, 9.17) is 21.1 Å². The highest BCUT2D eigenvalue weighted by Gasteiger charge is 2.32. The van der Waals surface area contributed by atoms with Crippen LogP contribution in [-0.2, 0) is 14.8 Å². The van der Waals surface area contributed by atoms with Gasteiger partial charge in [-0.2, -0.15) is 0 Å². The van der Waals surface area contributed by atoms with Gasteiger partial charge in [0, 0.05) is 12.1 Å². The summed E-state index contributed by atoms with van der Waals surface area (Å²) in [5, 5.41) is 2.67. The van der Waals surface area contributed by atoms with Gasteiger partial charge in [-0.05, 0) is 37.7 Å². The lowest BCUT2D eigenvalue weighted by molar-refractivity contribution is -0.118. The maximum atomic E-state index is 12.5. The van der Waals surface area contributed by atoms with E-state index in [1.807, 2.05) is 0 Å². The minimum absolute atomic E-state index is 0.0252. The third-order valence-corrected chi connectivity index (χ3v) is 7.32. The van der Waals surface area contributed by atoms with Crippen LogP contribution in [0.2, 0.25) is 5.02 Å². The molecule has 4 rings (SSSR count). The van der Waals surface area contributed by atoms with E-state index in [-0.39, 0.29) is 30.8 Å². The van der Waals surface area contributed by atoms with Crippen molar-refractivity contribution in [1.82, 2.24) is 14.9 Å². The second-order valence-corrected chi connectivity index (χ2v) is 10.5. The quantitative estimate of drug-likeness (QED) is 0.378. The van der Waals surface area contributed by atoms with Crippen LogP contribution in [0.5, 0.6) is 11.5 Å². The van der Waals surface area contributed by atoms with Gasteiger partial charge in [0.25, 0.3) is 0 Å². The monoisotopic (exact) mass is 471 g/mol. The first-order chi connectivity index (χ1) is 14.8. The zero-order chi connectivity index (χ0) is 22.0.